The van der Waals surface area contributed by atoms with Crippen molar-refractivity contribution in [1.82, 2.24) is 10.2 Å². The molecule has 20 heavy (non-hydrogen) atoms. The number of urea groups is 1. The van der Waals surface area contributed by atoms with Gasteiger partial charge in [0.25, 0.3) is 0 Å². The lowest BCUT2D eigenvalue weighted by molar-refractivity contribution is -0.139. The molecule has 0 rings (SSSR count). The average Bonchev–Trinajstić information content (AvgIpc) is 2.29. The number of hydrogen-bond acceptors (Lipinski definition) is 3. The molecule has 1 atom stereocenters. The Hall–Kier alpha value is -1.79. The summed E-state index contributed by atoms with van der Waals surface area (Å²) in [7, 11) is 0. The summed E-state index contributed by atoms with van der Waals surface area (Å²) in [6, 6.07) is -1.52. The zero-order valence-electron chi connectivity index (χ0n) is 12.5. The zero-order chi connectivity index (χ0) is 15.9. The number of carbonyl (C=O) groups excluding carboxylic acids is 2. The van der Waals surface area contributed by atoms with E-state index in [1.807, 2.05) is 27.7 Å². The second kappa shape index (κ2) is 8.39. The number of carboxylic acid groups (broad SMARTS) is 1. The van der Waals surface area contributed by atoms with E-state index >= 15 is 0 Å². The number of nitrogens with two attached hydrogens (primary N) is 1. The molecule has 0 aliphatic heterocycles. The maximum absolute atomic E-state index is 12.4. The van der Waals surface area contributed by atoms with Crippen LogP contribution in [0.1, 0.15) is 40.5 Å². The summed E-state index contributed by atoms with van der Waals surface area (Å²) >= 11 is 0. The van der Waals surface area contributed by atoms with Crippen molar-refractivity contribution in [3.63, 3.8) is 0 Å². The van der Waals surface area contributed by atoms with Crippen molar-refractivity contribution in [1.29, 1.82) is 0 Å². The highest BCUT2D eigenvalue weighted by molar-refractivity contribution is 5.87. The number of rotatable bonds is 8. The highest BCUT2D eigenvalue weighted by atomic mass is 16.4. The molecule has 0 aliphatic carbocycles. The first kappa shape index (κ1) is 18.2. The Kier molecular flexibility index (Phi) is 7.64. The lowest BCUT2D eigenvalue weighted by Gasteiger charge is -2.32. The highest BCUT2D eigenvalue weighted by Gasteiger charge is 2.29. The number of nitrogens with one attached hydrogen (secondary N) is 1. The topological polar surface area (TPSA) is 113 Å². The maximum atomic E-state index is 12.4. The Morgan fingerprint density at radius 2 is 1.75 bits per heavy atom. The third kappa shape index (κ3) is 6.40. The maximum Gasteiger partial charge on any atom is 0.312 e. The molecule has 0 aromatic rings. The van der Waals surface area contributed by atoms with Crippen molar-refractivity contribution < 1.29 is 19.5 Å². The minimum Gasteiger partial charge on any atom is -0.481 e. The largest absolute Gasteiger partial charge is 0.481 e. The summed E-state index contributed by atoms with van der Waals surface area (Å²) in [4.78, 5) is 35.5. The summed E-state index contributed by atoms with van der Waals surface area (Å²) in [5, 5.41) is 11.1. The molecule has 116 valence electrons. The molecule has 0 saturated heterocycles. The second-order valence-corrected chi connectivity index (χ2v) is 5.35. The molecule has 7 nitrogen and oxygen atoms in total. The van der Waals surface area contributed by atoms with Crippen LogP contribution in [0.5, 0.6) is 0 Å². The Morgan fingerprint density at radius 3 is 2.10 bits per heavy atom. The van der Waals surface area contributed by atoms with Gasteiger partial charge in [-0.2, -0.15) is 0 Å². The summed E-state index contributed by atoms with van der Waals surface area (Å²) in [6.07, 6.45) is 0.382. The van der Waals surface area contributed by atoms with Gasteiger partial charge in [0.15, 0.2) is 0 Å². The number of aliphatic carboxylic acids is 1. The monoisotopic (exact) mass is 287 g/mol. The average molecular weight is 287 g/mol. The normalized spacial score (nSPS) is 12.3. The van der Waals surface area contributed by atoms with Crippen molar-refractivity contribution in [3.8, 4) is 0 Å². The van der Waals surface area contributed by atoms with Crippen LogP contribution in [-0.4, -0.2) is 46.5 Å². The van der Waals surface area contributed by atoms with Gasteiger partial charge in [0, 0.05) is 19.0 Å². The van der Waals surface area contributed by atoms with Crippen molar-refractivity contribution in [3.05, 3.63) is 0 Å². The second-order valence-electron chi connectivity index (χ2n) is 5.35. The molecule has 4 N–H and O–H groups in total. The van der Waals surface area contributed by atoms with Gasteiger partial charge in [-0.15, -0.1) is 0 Å². The van der Waals surface area contributed by atoms with Gasteiger partial charge >= 0.3 is 12.0 Å². The number of amides is 3. The van der Waals surface area contributed by atoms with E-state index in [1.165, 1.54) is 0 Å². The van der Waals surface area contributed by atoms with Crippen molar-refractivity contribution in [2.75, 3.05) is 6.54 Å². The Bertz CT molecular complexity index is 356. The van der Waals surface area contributed by atoms with Gasteiger partial charge in [0.05, 0.1) is 0 Å². The van der Waals surface area contributed by atoms with Gasteiger partial charge in [-0.05, 0) is 26.2 Å². The molecule has 3 amide bonds. The van der Waals surface area contributed by atoms with E-state index in [2.05, 4.69) is 5.32 Å². The number of primary amides is 1. The van der Waals surface area contributed by atoms with Crippen LogP contribution < -0.4 is 11.1 Å². The van der Waals surface area contributed by atoms with E-state index in [0.717, 1.165) is 0 Å². The van der Waals surface area contributed by atoms with Gasteiger partial charge in [0.1, 0.15) is 6.04 Å². The van der Waals surface area contributed by atoms with E-state index in [1.54, 1.807) is 4.90 Å². The predicted octanol–water partition coefficient (Wildman–Crippen LogP) is 0.781. The molecule has 0 spiro atoms. The molecule has 0 fully saturated rings. The van der Waals surface area contributed by atoms with E-state index < -0.39 is 18.0 Å². The number of hydrogen-bond donors (Lipinski definition) is 3. The molecule has 0 radical (unpaired) electrons. The molecule has 0 aliphatic rings. The molecule has 0 aromatic carbocycles. The molecule has 7 heteroatoms. The van der Waals surface area contributed by atoms with Gasteiger partial charge in [-0.3, -0.25) is 9.59 Å². The fourth-order valence-electron chi connectivity index (χ4n) is 1.87. The highest BCUT2D eigenvalue weighted by Crippen LogP contribution is 2.10. The van der Waals surface area contributed by atoms with Crippen LogP contribution in [0.2, 0.25) is 0 Å². The fraction of sp³-hybridized carbons (Fsp3) is 0.769. The number of carboxylic acids is 1. The predicted molar refractivity (Wildman–Crippen MR) is 75.1 cm³/mol. The van der Waals surface area contributed by atoms with E-state index in [9.17, 15) is 14.4 Å². The first-order chi connectivity index (χ1) is 9.16. The molecule has 0 bridgehead atoms. The molecule has 0 aromatic heterocycles. The van der Waals surface area contributed by atoms with Crippen LogP contribution in [0.3, 0.4) is 0 Å². The first-order valence-electron chi connectivity index (χ1n) is 6.75. The summed E-state index contributed by atoms with van der Waals surface area (Å²) in [5.41, 5.74) is 5.09. The molecule has 0 saturated carbocycles. The fourth-order valence-corrected chi connectivity index (χ4v) is 1.87. The van der Waals surface area contributed by atoms with Crippen LogP contribution in [0.25, 0.3) is 0 Å². The lowest BCUT2D eigenvalue weighted by atomic mass is 10.0. The lowest BCUT2D eigenvalue weighted by Crippen LogP contribution is -2.54. The van der Waals surface area contributed by atoms with Crippen LogP contribution in [0.15, 0.2) is 0 Å². The third-order valence-electron chi connectivity index (χ3n) is 2.93. The van der Waals surface area contributed by atoms with Gasteiger partial charge in [-0.1, -0.05) is 13.8 Å². The standard InChI is InChI=1S/C13H25N3O4/c1-8(2)11(15-13(14)20)12(19)16(9(3)4)7-5-6-10(17)18/h8-9,11H,5-7H2,1-4H3,(H,17,18)(H3,14,15,20). The molecule has 0 heterocycles. The van der Waals surface area contributed by atoms with Gasteiger partial charge < -0.3 is 21.1 Å². The van der Waals surface area contributed by atoms with Crippen molar-refractivity contribution in [2.24, 2.45) is 11.7 Å². The quantitative estimate of drug-likeness (QED) is 0.612. The summed E-state index contributed by atoms with van der Waals surface area (Å²) < 4.78 is 0. The van der Waals surface area contributed by atoms with E-state index in [-0.39, 0.29) is 24.3 Å². The summed E-state index contributed by atoms with van der Waals surface area (Å²) in [5.74, 6) is -1.23. The van der Waals surface area contributed by atoms with Crippen molar-refractivity contribution >= 4 is 17.9 Å². The van der Waals surface area contributed by atoms with Gasteiger partial charge in [-0.25, -0.2) is 4.79 Å². The Labute approximate surface area is 119 Å². The Morgan fingerprint density at radius 1 is 1.20 bits per heavy atom. The minimum atomic E-state index is -0.892. The molecule has 1 unspecified atom stereocenters. The van der Waals surface area contributed by atoms with Crippen LogP contribution >= 0.6 is 0 Å². The molecular formula is C13H25N3O4. The van der Waals surface area contributed by atoms with Crippen molar-refractivity contribution in [2.45, 2.75) is 52.6 Å². The van der Waals surface area contributed by atoms with E-state index in [0.29, 0.717) is 13.0 Å². The minimum absolute atomic E-state index is 0.00604. The van der Waals surface area contributed by atoms with E-state index in [4.69, 9.17) is 10.8 Å². The summed E-state index contributed by atoms with van der Waals surface area (Å²) in [6.45, 7) is 7.66. The smallest absolute Gasteiger partial charge is 0.312 e. The number of nitrogens with zero attached hydrogens (tertiary/aromatic N) is 1. The number of carbonyl (C=O) groups is 3. The SMILES string of the molecule is CC(C)C(NC(N)=O)C(=O)N(CCCC(=O)O)C(C)C. The Balaban J connectivity index is 4.82. The molecular weight excluding hydrogens is 262 g/mol. The van der Waals surface area contributed by atoms with Crippen LogP contribution in [-0.2, 0) is 9.59 Å². The van der Waals surface area contributed by atoms with Gasteiger partial charge in [0.2, 0.25) is 5.91 Å². The zero-order valence-corrected chi connectivity index (χ0v) is 12.5. The van der Waals surface area contributed by atoms with Crippen LogP contribution in [0, 0.1) is 5.92 Å². The third-order valence-corrected chi connectivity index (χ3v) is 2.93. The first-order valence-corrected chi connectivity index (χ1v) is 6.75. The van der Waals surface area contributed by atoms with Crippen LogP contribution in [0.4, 0.5) is 4.79 Å².